The van der Waals surface area contributed by atoms with E-state index in [-0.39, 0.29) is 5.91 Å². The molecule has 0 saturated heterocycles. The van der Waals surface area contributed by atoms with Crippen molar-refractivity contribution in [3.05, 3.63) is 35.4 Å². The number of benzene rings is 1. The van der Waals surface area contributed by atoms with Gasteiger partial charge in [-0.25, -0.2) is 4.79 Å². The number of likely N-dealkylation sites (N-methyl/N-ethyl adjacent to an activating group) is 1. The predicted octanol–water partition coefficient (Wildman–Crippen LogP) is 2.70. The molecule has 0 saturated carbocycles. The van der Waals surface area contributed by atoms with E-state index in [0.29, 0.717) is 6.54 Å². The highest BCUT2D eigenvalue weighted by Gasteiger charge is 2.26. The zero-order chi connectivity index (χ0) is 16.0. The highest BCUT2D eigenvalue weighted by molar-refractivity contribution is 5.87. The van der Waals surface area contributed by atoms with Gasteiger partial charge in [-0.05, 0) is 45.7 Å². The number of ether oxygens (including phenoxy) is 1. The summed E-state index contributed by atoms with van der Waals surface area (Å²) >= 11 is 0. The Balaban J connectivity index is 2.96. The first kappa shape index (κ1) is 17.0. The molecule has 0 aliphatic rings. The van der Waals surface area contributed by atoms with Crippen LogP contribution in [0.5, 0.6) is 0 Å². The molecule has 1 aromatic carbocycles. The molecule has 0 aliphatic heterocycles. The smallest absolute Gasteiger partial charge is 0.408 e. The lowest BCUT2D eigenvalue weighted by Gasteiger charge is -2.24. The standard InChI is InChI=1S/C16H24N2O3/c1-6-17-14(19)13(12-10-8-7-9-11(12)2)18-15(20)21-16(3,4)5/h7-10,13H,6H2,1-5H3,(H,17,19)(H,18,20). The summed E-state index contributed by atoms with van der Waals surface area (Å²) in [6, 6.07) is 6.69. The van der Waals surface area contributed by atoms with Crippen molar-refractivity contribution in [3.8, 4) is 0 Å². The van der Waals surface area contributed by atoms with Crippen LogP contribution in [-0.2, 0) is 9.53 Å². The minimum absolute atomic E-state index is 0.252. The van der Waals surface area contributed by atoms with Crippen LogP contribution in [0.1, 0.15) is 44.9 Å². The lowest BCUT2D eigenvalue weighted by molar-refractivity contribution is -0.123. The maximum absolute atomic E-state index is 12.2. The van der Waals surface area contributed by atoms with E-state index >= 15 is 0 Å². The van der Waals surface area contributed by atoms with Gasteiger partial charge in [0.05, 0.1) is 0 Å². The second-order valence-electron chi connectivity index (χ2n) is 5.83. The van der Waals surface area contributed by atoms with E-state index in [0.717, 1.165) is 11.1 Å². The quantitative estimate of drug-likeness (QED) is 0.896. The topological polar surface area (TPSA) is 67.4 Å². The maximum atomic E-state index is 12.2. The van der Waals surface area contributed by atoms with E-state index in [1.165, 1.54) is 0 Å². The first-order valence-corrected chi connectivity index (χ1v) is 7.07. The Hall–Kier alpha value is -2.04. The zero-order valence-electron chi connectivity index (χ0n) is 13.3. The van der Waals surface area contributed by atoms with E-state index in [4.69, 9.17) is 4.74 Å². The molecule has 5 heteroatoms. The maximum Gasteiger partial charge on any atom is 0.408 e. The third-order valence-corrected chi connectivity index (χ3v) is 2.77. The van der Waals surface area contributed by atoms with Crippen molar-refractivity contribution in [1.82, 2.24) is 10.6 Å². The first-order chi connectivity index (χ1) is 9.74. The van der Waals surface area contributed by atoms with E-state index < -0.39 is 17.7 Å². The van der Waals surface area contributed by atoms with Crippen molar-refractivity contribution in [2.24, 2.45) is 0 Å². The molecule has 0 radical (unpaired) electrons. The Morgan fingerprint density at radius 1 is 1.24 bits per heavy atom. The average molecular weight is 292 g/mol. The van der Waals surface area contributed by atoms with Crippen LogP contribution >= 0.6 is 0 Å². The number of alkyl carbamates (subject to hydrolysis) is 1. The van der Waals surface area contributed by atoms with Crippen LogP contribution in [0.4, 0.5) is 4.79 Å². The molecule has 0 bridgehead atoms. The van der Waals surface area contributed by atoms with Gasteiger partial charge in [0.1, 0.15) is 11.6 Å². The molecule has 0 spiro atoms. The molecule has 0 aromatic heterocycles. The van der Waals surface area contributed by atoms with Crippen LogP contribution in [0.3, 0.4) is 0 Å². The van der Waals surface area contributed by atoms with Gasteiger partial charge in [0.15, 0.2) is 0 Å². The fraction of sp³-hybridized carbons (Fsp3) is 0.500. The summed E-state index contributed by atoms with van der Waals surface area (Å²) in [7, 11) is 0. The van der Waals surface area contributed by atoms with Gasteiger partial charge >= 0.3 is 6.09 Å². The monoisotopic (exact) mass is 292 g/mol. The minimum atomic E-state index is -0.763. The summed E-state index contributed by atoms with van der Waals surface area (Å²) in [6.45, 7) is 9.57. The van der Waals surface area contributed by atoms with Crippen LogP contribution in [0.2, 0.25) is 0 Å². The van der Waals surface area contributed by atoms with Gasteiger partial charge in [0.2, 0.25) is 5.91 Å². The van der Waals surface area contributed by atoms with Crippen molar-refractivity contribution in [2.75, 3.05) is 6.54 Å². The predicted molar refractivity (Wildman–Crippen MR) is 82.0 cm³/mol. The molecule has 0 heterocycles. The Kier molecular flexibility index (Phi) is 5.76. The largest absolute Gasteiger partial charge is 0.444 e. The molecular formula is C16H24N2O3. The van der Waals surface area contributed by atoms with Gasteiger partial charge in [-0.15, -0.1) is 0 Å². The lowest BCUT2D eigenvalue weighted by atomic mass is 10.0. The van der Waals surface area contributed by atoms with Gasteiger partial charge in [-0.1, -0.05) is 24.3 Å². The number of rotatable bonds is 4. The molecule has 21 heavy (non-hydrogen) atoms. The summed E-state index contributed by atoms with van der Waals surface area (Å²) < 4.78 is 5.23. The number of amides is 2. The van der Waals surface area contributed by atoms with Crippen molar-refractivity contribution < 1.29 is 14.3 Å². The van der Waals surface area contributed by atoms with Gasteiger partial charge in [0.25, 0.3) is 0 Å². The zero-order valence-corrected chi connectivity index (χ0v) is 13.3. The number of hydrogen-bond acceptors (Lipinski definition) is 3. The molecule has 116 valence electrons. The number of carbonyl (C=O) groups excluding carboxylic acids is 2. The van der Waals surface area contributed by atoms with Crippen molar-refractivity contribution in [3.63, 3.8) is 0 Å². The second-order valence-corrected chi connectivity index (χ2v) is 5.83. The normalized spacial score (nSPS) is 12.4. The van der Waals surface area contributed by atoms with Crippen LogP contribution in [0.25, 0.3) is 0 Å². The summed E-state index contributed by atoms with van der Waals surface area (Å²) in [5, 5.41) is 5.37. The number of nitrogens with one attached hydrogen (secondary N) is 2. The molecular weight excluding hydrogens is 268 g/mol. The van der Waals surface area contributed by atoms with Crippen LogP contribution in [0, 0.1) is 6.92 Å². The summed E-state index contributed by atoms with van der Waals surface area (Å²) in [5.74, 6) is -0.252. The Morgan fingerprint density at radius 2 is 1.86 bits per heavy atom. The summed E-state index contributed by atoms with van der Waals surface area (Å²) in [6.07, 6.45) is -0.609. The van der Waals surface area contributed by atoms with E-state index in [1.807, 2.05) is 38.1 Å². The molecule has 2 N–H and O–H groups in total. The number of hydrogen-bond donors (Lipinski definition) is 2. The van der Waals surface area contributed by atoms with E-state index in [2.05, 4.69) is 10.6 Å². The molecule has 0 aliphatic carbocycles. The van der Waals surface area contributed by atoms with Gasteiger partial charge in [0, 0.05) is 6.54 Å². The molecule has 1 atom stereocenters. The number of carbonyl (C=O) groups is 2. The summed E-state index contributed by atoms with van der Waals surface area (Å²) in [5.41, 5.74) is 1.08. The van der Waals surface area contributed by atoms with Gasteiger partial charge < -0.3 is 15.4 Å². The fourth-order valence-corrected chi connectivity index (χ4v) is 1.90. The van der Waals surface area contributed by atoms with Gasteiger partial charge in [-0.2, -0.15) is 0 Å². The fourth-order valence-electron chi connectivity index (χ4n) is 1.90. The molecule has 0 fully saturated rings. The molecule has 2 amide bonds. The van der Waals surface area contributed by atoms with Crippen LogP contribution < -0.4 is 10.6 Å². The Labute approximate surface area is 126 Å². The minimum Gasteiger partial charge on any atom is -0.444 e. The highest BCUT2D eigenvalue weighted by atomic mass is 16.6. The van der Waals surface area contributed by atoms with Crippen molar-refractivity contribution in [1.29, 1.82) is 0 Å². The first-order valence-electron chi connectivity index (χ1n) is 7.07. The lowest BCUT2D eigenvalue weighted by Crippen LogP contribution is -2.42. The van der Waals surface area contributed by atoms with Crippen molar-refractivity contribution >= 4 is 12.0 Å². The second kappa shape index (κ2) is 7.11. The molecule has 1 unspecified atom stereocenters. The van der Waals surface area contributed by atoms with Crippen molar-refractivity contribution in [2.45, 2.75) is 46.3 Å². The van der Waals surface area contributed by atoms with Crippen LogP contribution in [-0.4, -0.2) is 24.1 Å². The molecule has 5 nitrogen and oxygen atoms in total. The Bertz CT molecular complexity index is 506. The average Bonchev–Trinajstić information content (AvgIpc) is 2.35. The van der Waals surface area contributed by atoms with Crippen LogP contribution in [0.15, 0.2) is 24.3 Å². The highest BCUT2D eigenvalue weighted by Crippen LogP contribution is 2.18. The third kappa shape index (κ3) is 5.45. The SMILES string of the molecule is CCNC(=O)C(NC(=O)OC(C)(C)C)c1ccccc1C. The van der Waals surface area contributed by atoms with Gasteiger partial charge in [-0.3, -0.25) is 4.79 Å². The number of aryl methyl sites for hydroxylation is 1. The molecule has 1 rings (SSSR count). The van der Waals surface area contributed by atoms with E-state index in [9.17, 15) is 9.59 Å². The molecule has 1 aromatic rings. The van der Waals surface area contributed by atoms with E-state index in [1.54, 1.807) is 20.8 Å². The third-order valence-electron chi connectivity index (χ3n) is 2.77. The summed E-state index contributed by atoms with van der Waals surface area (Å²) in [4.78, 5) is 24.2. The Morgan fingerprint density at radius 3 is 2.38 bits per heavy atom.